The minimum absolute atomic E-state index is 0.0901. The SMILES string of the molecule is CCCCNC(=O)c1cc(COC)cc(S(N)(=O)=O)c1. The van der Waals surface area contributed by atoms with Crippen LogP contribution in [0.4, 0.5) is 0 Å². The van der Waals surface area contributed by atoms with E-state index in [1.807, 2.05) is 6.92 Å². The topological polar surface area (TPSA) is 98.5 Å². The van der Waals surface area contributed by atoms with Crippen molar-refractivity contribution in [3.8, 4) is 0 Å². The van der Waals surface area contributed by atoms with Crippen LogP contribution in [0.1, 0.15) is 35.7 Å². The van der Waals surface area contributed by atoms with Crippen LogP contribution in [0, 0.1) is 0 Å². The van der Waals surface area contributed by atoms with E-state index in [0.29, 0.717) is 12.1 Å². The van der Waals surface area contributed by atoms with Gasteiger partial charge in [0.05, 0.1) is 11.5 Å². The fourth-order valence-electron chi connectivity index (χ4n) is 1.69. The van der Waals surface area contributed by atoms with Gasteiger partial charge in [0.15, 0.2) is 0 Å². The van der Waals surface area contributed by atoms with Gasteiger partial charge < -0.3 is 10.1 Å². The molecule has 0 aromatic heterocycles. The molecule has 1 aromatic carbocycles. The molecule has 6 nitrogen and oxygen atoms in total. The number of unbranched alkanes of at least 4 members (excludes halogenated alkanes) is 1. The number of carbonyl (C=O) groups excluding carboxylic acids is 1. The molecule has 0 aliphatic heterocycles. The van der Waals surface area contributed by atoms with Crippen molar-refractivity contribution in [1.82, 2.24) is 5.32 Å². The van der Waals surface area contributed by atoms with E-state index in [2.05, 4.69) is 5.32 Å². The van der Waals surface area contributed by atoms with Gasteiger partial charge in [0.25, 0.3) is 5.91 Å². The number of benzene rings is 1. The molecule has 1 amide bonds. The molecule has 112 valence electrons. The predicted molar refractivity (Wildman–Crippen MR) is 75.8 cm³/mol. The van der Waals surface area contributed by atoms with Gasteiger partial charge in [-0.05, 0) is 30.2 Å². The highest BCUT2D eigenvalue weighted by molar-refractivity contribution is 7.89. The minimum atomic E-state index is -3.86. The summed E-state index contributed by atoms with van der Waals surface area (Å²) >= 11 is 0. The zero-order valence-corrected chi connectivity index (χ0v) is 12.5. The predicted octanol–water partition coefficient (Wildman–Crippen LogP) is 1.01. The highest BCUT2D eigenvalue weighted by Gasteiger charge is 2.14. The second kappa shape index (κ2) is 7.37. The summed E-state index contributed by atoms with van der Waals surface area (Å²) < 4.78 is 27.8. The zero-order chi connectivity index (χ0) is 15.2. The van der Waals surface area contributed by atoms with Crippen LogP contribution in [-0.2, 0) is 21.4 Å². The Morgan fingerprint density at radius 1 is 1.35 bits per heavy atom. The van der Waals surface area contributed by atoms with Gasteiger partial charge in [-0.15, -0.1) is 0 Å². The molecule has 7 heteroatoms. The molecule has 0 aliphatic rings. The molecule has 0 saturated carbocycles. The fourth-order valence-corrected chi connectivity index (χ4v) is 2.29. The van der Waals surface area contributed by atoms with Crippen molar-refractivity contribution >= 4 is 15.9 Å². The molecule has 1 aromatic rings. The normalized spacial score (nSPS) is 11.3. The van der Waals surface area contributed by atoms with Crippen LogP contribution in [0.15, 0.2) is 23.1 Å². The van der Waals surface area contributed by atoms with E-state index in [0.717, 1.165) is 12.8 Å². The van der Waals surface area contributed by atoms with Gasteiger partial charge in [0.2, 0.25) is 10.0 Å². The number of hydrogen-bond acceptors (Lipinski definition) is 4. The molecule has 0 spiro atoms. The molecule has 0 fully saturated rings. The number of carbonyl (C=O) groups is 1. The minimum Gasteiger partial charge on any atom is -0.380 e. The molecule has 0 unspecified atom stereocenters. The Bertz CT molecular complexity index is 570. The first-order chi connectivity index (χ1) is 9.38. The summed E-state index contributed by atoms with van der Waals surface area (Å²) in [6.07, 6.45) is 1.83. The number of nitrogens with one attached hydrogen (secondary N) is 1. The molecule has 20 heavy (non-hydrogen) atoms. The van der Waals surface area contributed by atoms with E-state index in [1.165, 1.54) is 19.2 Å². The number of amides is 1. The lowest BCUT2D eigenvalue weighted by atomic mass is 10.1. The largest absolute Gasteiger partial charge is 0.380 e. The maximum Gasteiger partial charge on any atom is 0.251 e. The van der Waals surface area contributed by atoms with Crippen LogP contribution in [0.3, 0.4) is 0 Å². The van der Waals surface area contributed by atoms with Gasteiger partial charge in [-0.1, -0.05) is 13.3 Å². The Kier molecular flexibility index (Phi) is 6.12. The number of sulfonamides is 1. The molecule has 0 bridgehead atoms. The molecule has 0 heterocycles. The van der Waals surface area contributed by atoms with Gasteiger partial charge >= 0.3 is 0 Å². The van der Waals surface area contributed by atoms with Gasteiger partial charge in [0, 0.05) is 19.2 Å². The van der Waals surface area contributed by atoms with Crippen LogP contribution >= 0.6 is 0 Å². The van der Waals surface area contributed by atoms with Gasteiger partial charge in [-0.2, -0.15) is 0 Å². The first-order valence-corrected chi connectivity index (χ1v) is 7.87. The van der Waals surface area contributed by atoms with Crippen LogP contribution in [0.5, 0.6) is 0 Å². The standard InChI is InChI=1S/C13H20N2O4S/c1-3-4-5-15-13(16)11-6-10(9-19-2)7-12(8-11)20(14,17)18/h6-8H,3-5,9H2,1-2H3,(H,15,16)(H2,14,17,18). The van der Waals surface area contributed by atoms with Gasteiger partial charge in [-0.3, -0.25) is 4.79 Å². The van der Waals surface area contributed by atoms with E-state index in [1.54, 1.807) is 6.07 Å². The van der Waals surface area contributed by atoms with E-state index >= 15 is 0 Å². The summed E-state index contributed by atoms with van der Waals surface area (Å²) in [5, 5.41) is 7.84. The van der Waals surface area contributed by atoms with E-state index in [9.17, 15) is 13.2 Å². The Morgan fingerprint density at radius 3 is 2.60 bits per heavy atom. The third-order valence-corrected chi connectivity index (χ3v) is 3.58. The molecule has 0 atom stereocenters. The van der Waals surface area contributed by atoms with Crippen LogP contribution in [0.2, 0.25) is 0 Å². The Balaban J connectivity index is 3.05. The number of methoxy groups -OCH3 is 1. The van der Waals surface area contributed by atoms with E-state index in [4.69, 9.17) is 9.88 Å². The summed E-state index contributed by atoms with van der Waals surface area (Å²) in [4.78, 5) is 11.9. The lowest BCUT2D eigenvalue weighted by molar-refractivity contribution is 0.0952. The average molecular weight is 300 g/mol. The van der Waals surface area contributed by atoms with Crippen LogP contribution in [0.25, 0.3) is 0 Å². The third-order valence-electron chi connectivity index (χ3n) is 2.68. The molecular formula is C13H20N2O4S. The molecule has 0 aliphatic carbocycles. The zero-order valence-electron chi connectivity index (χ0n) is 11.7. The molecule has 3 N–H and O–H groups in total. The second-order valence-electron chi connectivity index (χ2n) is 4.45. The second-order valence-corrected chi connectivity index (χ2v) is 6.01. The smallest absolute Gasteiger partial charge is 0.251 e. The summed E-state index contributed by atoms with van der Waals surface area (Å²) in [5.74, 6) is -0.318. The van der Waals surface area contributed by atoms with Crippen molar-refractivity contribution < 1.29 is 17.9 Å². The fraction of sp³-hybridized carbons (Fsp3) is 0.462. The Labute approximate surface area is 119 Å². The number of hydrogen-bond donors (Lipinski definition) is 2. The molecule has 0 saturated heterocycles. The summed E-state index contributed by atoms with van der Waals surface area (Å²) in [6.45, 7) is 2.78. The lowest BCUT2D eigenvalue weighted by Gasteiger charge is -2.09. The van der Waals surface area contributed by atoms with Crippen molar-refractivity contribution in [3.63, 3.8) is 0 Å². The number of ether oxygens (including phenoxy) is 1. The maximum atomic E-state index is 12.0. The van der Waals surface area contributed by atoms with Crippen molar-refractivity contribution in [3.05, 3.63) is 29.3 Å². The lowest BCUT2D eigenvalue weighted by Crippen LogP contribution is -2.25. The highest BCUT2D eigenvalue weighted by Crippen LogP contribution is 2.15. The summed E-state index contributed by atoms with van der Waals surface area (Å²) in [5.41, 5.74) is 0.847. The molecule has 1 rings (SSSR count). The third kappa shape index (κ3) is 4.92. The number of primary sulfonamides is 1. The quantitative estimate of drug-likeness (QED) is 0.734. The van der Waals surface area contributed by atoms with Gasteiger partial charge in [-0.25, -0.2) is 13.6 Å². The van der Waals surface area contributed by atoms with E-state index in [-0.39, 0.29) is 23.0 Å². The Hall–Kier alpha value is -1.44. The summed E-state index contributed by atoms with van der Waals surface area (Å²) in [7, 11) is -2.37. The van der Waals surface area contributed by atoms with Crippen molar-refractivity contribution in [2.45, 2.75) is 31.3 Å². The maximum absolute atomic E-state index is 12.0. The highest BCUT2D eigenvalue weighted by atomic mass is 32.2. The average Bonchev–Trinajstić information content (AvgIpc) is 2.38. The van der Waals surface area contributed by atoms with Crippen LogP contribution in [-0.4, -0.2) is 28.0 Å². The van der Waals surface area contributed by atoms with Crippen molar-refractivity contribution in [1.29, 1.82) is 0 Å². The molecular weight excluding hydrogens is 280 g/mol. The number of nitrogens with two attached hydrogens (primary N) is 1. The number of rotatable bonds is 7. The summed E-state index contributed by atoms with van der Waals surface area (Å²) in [6, 6.07) is 4.27. The monoisotopic (exact) mass is 300 g/mol. The van der Waals surface area contributed by atoms with Crippen molar-refractivity contribution in [2.24, 2.45) is 5.14 Å². The first kappa shape index (κ1) is 16.6. The van der Waals surface area contributed by atoms with E-state index < -0.39 is 10.0 Å². The van der Waals surface area contributed by atoms with Crippen LogP contribution < -0.4 is 10.5 Å². The molecule has 0 radical (unpaired) electrons. The van der Waals surface area contributed by atoms with Gasteiger partial charge in [0.1, 0.15) is 0 Å². The first-order valence-electron chi connectivity index (χ1n) is 6.32. The van der Waals surface area contributed by atoms with Crippen molar-refractivity contribution in [2.75, 3.05) is 13.7 Å². The Morgan fingerprint density at radius 2 is 2.05 bits per heavy atom.